The second-order valence-electron chi connectivity index (χ2n) is 4.50. The number of methoxy groups -OCH3 is 1. The average Bonchev–Trinajstić information content (AvgIpc) is 2.37. The first-order chi connectivity index (χ1) is 8.92. The van der Waals surface area contributed by atoms with Crippen molar-refractivity contribution >= 4 is 15.5 Å². The maximum Gasteiger partial charge on any atom is 0.148 e. The SMILES string of the molecule is COc1ccc(N(C)CCNCCS(C)(=O)=O)cc1. The van der Waals surface area contributed by atoms with Gasteiger partial charge < -0.3 is 15.0 Å². The van der Waals surface area contributed by atoms with E-state index in [-0.39, 0.29) is 5.75 Å². The van der Waals surface area contributed by atoms with Crippen LogP contribution >= 0.6 is 0 Å². The van der Waals surface area contributed by atoms with Gasteiger partial charge in [-0.15, -0.1) is 0 Å². The minimum atomic E-state index is -2.87. The first-order valence-electron chi connectivity index (χ1n) is 6.16. The number of hydrogen-bond acceptors (Lipinski definition) is 5. The summed E-state index contributed by atoms with van der Waals surface area (Å²) >= 11 is 0. The van der Waals surface area contributed by atoms with E-state index in [1.165, 1.54) is 6.26 Å². The van der Waals surface area contributed by atoms with Gasteiger partial charge in [0, 0.05) is 38.6 Å². The van der Waals surface area contributed by atoms with Crippen molar-refractivity contribution in [3.63, 3.8) is 0 Å². The van der Waals surface area contributed by atoms with E-state index < -0.39 is 9.84 Å². The first-order valence-corrected chi connectivity index (χ1v) is 8.22. The highest BCUT2D eigenvalue weighted by molar-refractivity contribution is 7.90. The fourth-order valence-electron chi connectivity index (χ4n) is 1.60. The molecule has 1 aromatic rings. The lowest BCUT2D eigenvalue weighted by Gasteiger charge is -2.19. The van der Waals surface area contributed by atoms with Crippen LogP contribution in [0, 0.1) is 0 Å². The Morgan fingerprint density at radius 3 is 2.37 bits per heavy atom. The number of hydrogen-bond donors (Lipinski definition) is 1. The summed E-state index contributed by atoms with van der Waals surface area (Å²) < 4.78 is 27.0. The number of sulfone groups is 1. The standard InChI is InChI=1S/C13H22N2O3S/c1-15(10-8-14-9-11-19(3,16)17)12-4-6-13(18-2)7-5-12/h4-7,14H,8-11H2,1-3H3. The summed E-state index contributed by atoms with van der Waals surface area (Å²) in [4.78, 5) is 2.10. The van der Waals surface area contributed by atoms with E-state index in [1.807, 2.05) is 31.3 Å². The van der Waals surface area contributed by atoms with Crippen LogP contribution in [0.15, 0.2) is 24.3 Å². The molecular formula is C13H22N2O3S. The molecule has 5 nitrogen and oxygen atoms in total. The second kappa shape index (κ2) is 7.35. The summed E-state index contributed by atoms with van der Waals surface area (Å²) in [5.41, 5.74) is 1.10. The number of anilines is 1. The zero-order valence-electron chi connectivity index (χ0n) is 11.7. The third kappa shape index (κ3) is 6.45. The molecule has 1 N–H and O–H groups in total. The molecule has 0 heterocycles. The number of benzene rings is 1. The molecule has 19 heavy (non-hydrogen) atoms. The van der Waals surface area contributed by atoms with Gasteiger partial charge in [0.1, 0.15) is 15.6 Å². The fraction of sp³-hybridized carbons (Fsp3) is 0.538. The Hall–Kier alpha value is -1.27. The maximum absolute atomic E-state index is 10.9. The largest absolute Gasteiger partial charge is 0.497 e. The average molecular weight is 286 g/mol. The highest BCUT2D eigenvalue weighted by Crippen LogP contribution is 2.17. The van der Waals surface area contributed by atoms with Crippen LogP contribution in [-0.4, -0.2) is 54.2 Å². The summed E-state index contributed by atoms with van der Waals surface area (Å²) in [6, 6.07) is 7.83. The van der Waals surface area contributed by atoms with E-state index in [0.29, 0.717) is 6.54 Å². The fourth-order valence-corrected chi connectivity index (χ4v) is 2.11. The van der Waals surface area contributed by atoms with Crippen molar-refractivity contribution in [1.29, 1.82) is 0 Å². The van der Waals surface area contributed by atoms with Crippen LogP contribution in [0.5, 0.6) is 5.75 Å². The van der Waals surface area contributed by atoms with Gasteiger partial charge in [-0.2, -0.15) is 0 Å². The second-order valence-corrected chi connectivity index (χ2v) is 6.76. The Morgan fingerprint density at radius 2 is 1.84 bits per heavy atom. The summed E-state index contributed by atoms with van der Waals surface area (Å²) in [6.07, 6.45) is 1.25. The zero-order chi connectivity index (χ0) is 14.3. The van der Waals surface area contributed by atoms with Gasteiger partial charge in [0.05, 0.1) is 12.9 Å². The Kier molecular flexibility index (Phi) is 6.11. The Labute approximate surface area is 115 Å². The molecule has 0 radical (unpaired) electrons. The smallest absolute Gasteiger partial charge is 0.148 e. The molecule has 0 fully saturated rings. The molecule has 0 aliphatic rings. The number of likely N-dealkylation sites (N-methyl/N-ethyl adjacent to an activating group) is 1. The Bertz CT molecular complexity index is 471. The molecule has 0 bridgehead atoms. The first kappa shape index (κ1) is 15.8. The van der Waals surface area contributed by atoms with Gasteiger partial charge in [-0.25, -0.2) is 8.42 Å². The van der Waals surface area contributed by atoms with Gasteiger partial charge in [-0.3, -0.25) is 0 Å². The van der Waals surface area contributed by atoms with Crippen molar-refractivity contribution in [2.75, 3.05) is 50.7 Å². The van der Waals surface area contributed by atoms with Crippen molar-refractivity contribution in [3.8, 4) is 5.75 Å². The number of rotatable bonds is 8. The molecule has 108 valence electrons. The van der Waals surface area contributed by atoms with Crippen LogP contribution < -0.4 is 15.0 Å². The molecule has 0 unspecified atom stereocenters. The van der Waals surface area contributed by atoms with E-state index in [0.717, 1.165) is 24.5 Å². The topological polar surface area (TPSA) is 58.6 Å². The summed E-state index contributed by atoms with van der Waals surface area (Å²) in [6.45, 7) is 2.06. The third-order valence-corrected chi connectivity index (χ3v) is 3.73. The monoisotopic (exact) mass is 286 g/mol. The van der Waals surface area contributed by atoms with Crippen LogP contribution in [0.25, 0.3) is 0 Å². The van der Waals surface area contributed by atoms with Crippen molar-refractivity contribution < 1.29 is 13.2 Å². The predicted octanol–water partition coefficient (Wildman–Crippen LogP) is 0.766. The molecule has 0 saturated carbocycles. The molecule has 1 aromatic carbocycles. The van der Waals surface area contributed by atoms with E-state index in [9.17, 15) is 8.42 Å². The zero-order valence-corrected chi connectivity index (χ0v) is 12.5. The van der Waals surface area contributed by atoms with Crippen LogP contribution in [0.2, 0.25) is 0 Å². The molecule has 0 spiro atoms. The summed E-state index contributed by atoms with van der Waals surface area (Å²) in [5, 5.41) is 3.12. The Morgan fingerprint density at radius 1 is 1.21 bits per heavy atom. The molecule has 0 atom stereocenters. The molecule has 0 aromatic heterocycles. The van der Waals surface area contributed by atoms with Crippen LogP contribution in [0.1, 0.15) is 0 Å². The quantitative estimate of drug-likeness (QED) is 0.715. The van der Waals surface area contributed by atoms with Gasteiger partial charge in [0.2, 0.25) is 0 Å². The number of ether oxygens (including phenoxy) is 1. The van der Waals surface area contributed by atoms with Crippen molar-refractivity contribution in [1.82, 2.24) is 5.32 Å². The van der Waals surface area contributed by atoms with Crippen molar-refractivity contribution in [2.45, 2.75) is 0 Å². The number of nitrogens with one attached hydrogen (secondary N) is 1. The van der Waals surface area contributed by atoms with Crippen LogP contribution in [0.4, 0.5) is 5.69 Å². The molecular weight excluding hydrogens is 264 g/mol. The van der Waals surface area contributed by atoms with E-state index in [4.69, 9.17) is 4.74 Å². The molecule has 1 rings (SSSR count). The van der Waals surface area contributed by atoms with Gasteiger partial charge in [-0.05, 0) is 24.3 Å². The van der Waals surface area contributed by atoms with Gasteiger partial charge in [0.15, 0.2) is 0 Å². The lowest BCUT2D eigenvalue weighted by atomic mass is 10.3. The normalized spacial score (nSPS) is 11.3. The molecule has 6 heteroatoms. The predicted molar refractivity (Wildman–Crippen MR) is 78.8 cm³/mol. The highest BCUT2D eigenvalue weighted by atomic mass is 32.2. The molecule has 0 aliphatic heterocycles. The lowest BCUT2D eigenvalue weighted by Crippen LogP contribution is -2.31. The van der Waals surface area contributed by atoms with Gasteiger partial charge in [0.25, 0.3) is 0 Å². The van der Waals surface area contributed by atoms with Crippen molar-refractivity contribution in [3.05, 3.63) is 24.3 Å². The van der Waals surface area contributed by atoms with Gasteiger partial charge in [-0.1, -0.05) is 0 Å². The Balaban J connectivity index is 2.28. The van der Waals surface area contributed by atoms with Gasteiger partial charge >= 0.3 is 0 Å². The lowest BCUT2D eigenvalue weighted by molar-refractivity contribution is 0.415. The summed E-state index contributed by atoms with van der Waals surface area (Å²) in [5.74, 6) is 1.02. The maximum atomic E-state index is 10.9. The van der Waals surface area contributed by atoms with Crippen molar-refractivity contribution in [2.24, 2.45) is 0 Å². The highest BCUT2D eigenvalue weighted by Gasteiger charge is 2.03. The number of nitrogens with zero attached hydrogens (tertiary/aromatic N) is 1. The molecule has 0 saturated heterocycles. The molecule has 0 amide bonds. The van der Waals surface area contributed by atoms with E-state index in [2.05, 4.69) is 10.2 Å². The minimum Gasteiger partial charge on any atom is -0.497 e. The minimum absolute atomic E-state index is 0.180. The van der Waals surface area contributed by atoms with Crippen LogP contribution in [-0.2, 0) is 9.84 Å². The van der Waals surface area contributed by atoms with E-state index >= 15 is 0 Å². The molecule has 0 aliphatic carbocycles. The third-order valence-electron chi connectivity index (χ3n) is 2.79. The summed E-state index contributed by atoms with van der Waals surface area (Å²) in [7, 11) is 0.769. The van der Waals surface area contributed by atoms with Crippen LogP contribution in [0.3, 0.4) is 0 Å². The van der Waals surface area contributed by atoms with E-state index in [1.54, 1.807) is 7.11 Å².